The molecular weight excluding hydrogens is 463 g/mol. The van der Waals surface area contributed by atoms with Crippen LogP contribution in [0.1, 0.15) is 34.3 Å². The number of rotatable bonds is 6. The van der Waals surface area contributed by atoms with E-state index in [1.54, 1.807) is 18.2 Å². The first-order chi connectivity index (χ1) is 15.5. The zero-order valence-electron chi connectivity index (χ0n) is 17.6. The Hall–Kier alpha value is -2.04. The molecule has 3 aromatic rings. The van der Waals surface area contributed by atoms with E-state index in [9.17, 15) is 4.79 Å². The Kier molecular flexibility index (Phi) is 7.75. The maximum absolute atomic E-state index is 13.4. The molecule has 1 aliphatic heterocycles. The van der Waals surface area contributed by atoms with Crippen LogP contribution in [0, 0.1) is 0 Å². The van der Waals surface area contributed by atoms with Crippen molar-refractivity contribution >= 4 is 40.7 Å². The summed E-state index contributed by atoms with van der Waals surface area (Å²) in [7, 11) is 0. The summed E-state index contributed by atoms with van der Waals surface area (Å²) >= 11 is 18.3. The van der Waals surface area contributed by atoms with Crippen LogP contribution in [-0.4, -0.2) is 29.4 Å². The Morgan fingerprint density at radius 2 is 1.56 bits per heavy atom. The second-order valence-electron chi connectivity index (χ2n) is 8.23. The van der Waals surface area contributed by atoms with Gasteiger partial charge in [-0.15, -0.1) is 0 Å². The molecule has 0 saturated carbocycles. The van der Waals surface area contributed by atoms with Crippen molar-refractivity contribution < 1.29 is 4.79 Å². The van der Waals surface area contributed by atoms with Gasteiger partial charge in [0.25, 0.3) is 5.91 Å². The summed E-state index contributed by atoms with van der Waals surface area (Å²) in [5.41, 5.74) is 2.95. The highest BCUT2D eigenvalue weighted by atomic mass is 35.5. The third-order valence-corrected chi connectivity index (χ3v) is 6.60. The lowest BCUT2D eigenvalue weighted by atomic mass is 9.91. The van der Waals surface area contributed by atoms with Crippen LogP contribution in [0.15, 0.2) is 72.8 Å². The van der Waals surface area contributed by atoms with E-state index in [-0.39, 0.29) is 11.9 Å². The summed E-state index contributed by atoms with van der Waals surface area (Å²) in [6.07, 6.45) is 2.57. The van der Waals surface area contributed by atoms with Crippen molar-refractivity contribution in [2.45, 2.75) is 37.9 Å². The zero-order chi connectivity index (χ0) is 22.5. The van der Waals surface area contributed by atoms with Gasteiger partial charge in [-0.3, -0.25) is 4.79 Å². The highest BCUT2D eigenvalue weighted by Gasteiger charge is 2.32. The number of nitrogens with one attached hydrogen (secondary N) is 1. The van der Waals surface area contributed by atoms with Gasteiger partial charge >= 0.3 is 0 Å². The van der Waals surface area contributed by atoms with E-state index in [1.807, 2.05) is 47.4 Å². The van der Waals surface area contributed by atoms with Crippen LogP contribution >= 0.6 is 34.8 Å². The molecule has 6 heteroatoms. The second kappa shape index (κ2) is 10.7. The fourth-order valence-corrected chi connectivity index (χ4v) is 4.94. The van der Waals surface area contributed by atoms with Gasteiger partial charge < -0.3 is 10.2 Å². The van der Waals surface area contributed by atoms with Crippen LogP contribution < -0.4 is 5.32 Å². The third kappa shape index (κ3) is 6.05. The van der Waals surface area contributed by atoms with E-state index in [2.05, 4.69) is 17.4 Å². The van der Waals surface area contributed by atoms with Gasteiger partial charge in [0, 0.05) is 45.8 Å². The SMILES string of the molecule is O=C(c1cc(Cl)cc(Cl)c1)N1CC[C@H](NCc2ccc(Cl)cc2)C[C@H]1Cc1ccccc1. The molecule has 0 bridgehead atoms. The van der Waals surface area contributed by atoms with Gasteiger partial charge in [-0.1, -0.05) is 77.3 Å². The average Bonchev–Trinajstić information content (AvgIpc) is 2.78. The van der Waals surface area contributed by atoms with E-state index < -0.39 is 0 Å². The molecule has 1 amide bonds. The number of carbonyl (C=O) groups excluding carboxylic acids is 1. The number of likely N-dealkylation sites (tertiary alicyclic amines) is 1. The highest BCUT2D eigenvalue weighted by Crippen LogP contribution is 2.26. The van der Waals surface area contributed by atoms with Crippen LogP contribution in [0.25, 0.3) is 0 Å². The Balaban J connectivity index is 1.49. The van der Waals surface area contributed by atoms with Crippen molar-refractivity contribution in [3.63, 3.8) is 0 Å². The Bertz CT molecular complexity index is 1040. The van der Waals surface area contributed by atoms with E-state index in [4.69, 9.17) is 34.8 Å². The smallest absolute Gasteiger partial charge is 0.254 e. The minimum atomic E-state index is -0.0218. The number of amides is 1. The van der Waals surface area contributed by atoms with Gasteiger partial charge in [0.05, 0.1) is 0 Å². The van der Waals surface area contributed by atoms with Gasteiger partial charge in [0.15, 0.2) is 0 Å². The second-order valence-corrected chi connectivity index (χ2v) is 9.54. The fraction of sp³-hybridized carbons (Fsp3) is 0.269. The van der Waals surface area contributed by atoms with Gasteiger partial charge in [-0.05, 0) is 60.7 Å². The standard InChI is InChI=1S/C26H25Cl3N2O/c27-21-8-6-19(7-9-21)17-30-24-10-11-31(25(16-24)12-18-4-2-1-3-5-18)26(32)20-13-22(28)15-23(29)14-20/h1-9,13-15,24-25,30H,10-12,16-17H2/t24-,25+/m0/s1. The van der Waals surface area contributed by atoms with Crippen LogP contribution in [0.3, 0.4) is 0 Å². The molecule has 4 rings (SSSR count). The van der Waals surface area contributed by atoms with Crippen LogP contribution in [-0.2, 0) is 13.0 Å². The average molecular weight is 488 g/mol. The van der Waals surface area contributed by atoms with E-state index in [0.717, 1.165) is 30.8 Å². The molecule has 0 aliphatic carbocycles. The van der Waals surface area contributed by atoms with Crippen molar-refractivity contribution in [1.29, 1.82) is 0 Å². The molecule has 166 valence electrons. The van der Waals surface area contributed by atoms with Crippen LogP contribution in [0.4, 0.5) is 0 Å². The van der Waals surface area contributed by atoms with Crippen molar-refractivity contribution in [3.8, 4) is 0 Å². The summed E-state index contributed by atoms with van der Waals surface area (Å²) in [4.78, 5) is 15.4. The predicted octanol–water partition coefficient (Wildman–Crippen LogP) is 6.65. The molecule has 3 nitrogen and oxygen atoms in total. The quantitative estimate of drug-likeness (QED) is 0.422. The number of hydrogen-bond acceptors (Lipinski definition) is 2. The lowest BCUT2D eigenvalue weighted by Crippen LogP contribution is -2.51. The fourth-order valence-electron chi connectivity index (χ4n) is 4.29. The molecule has 1 N–H and O–H groups in total. The normalized spacial score (nSPS) is 18.5. The van der Waals surface area contributed by atoms with Crippen molar-refractivity contribution in [1.82, 2.24) is 10.2 Å². The zero-order valence-corrected chi connectivity index (χ0v) is 19.9. The van der Waals surface area contributed by atoms with Crippen LogP contribution in [0.5, 0.6) is 0 Å². The molecule has 0 spiro atoms. The molecule has 1 saturated heterocycles. The molecule has 3 aromatic carbocycles. The van der Waals surface area contributed by atoms with Gasteiger partial charge in [-0.2, -0.15) is 0 Å². The number of benzene rings is 3. The number of piperidine rings is 1. The lowest BCUT2D eigenvalue weighted by Gasteiger charge is -2.40. The minimum Gasteiger partial charge on any atom is -0.335 e. The maximum atomic E-state index is 13.4. The summed E-state index contributed by atoms with van der Waals surface area (Å²) in [5.74, 6) is -0.0218. The molecule has 0 aromatic heterocycles. The number of carbonyl (C=O) groups is 1. The van der Waals surface area contributed by atoms with Crippen LogP contribution in [0.2, 0.25) is 15.1 Å². The van der Waals surface area contributed by atoms with E-state index in [0.29, 0.717) is 28.2 Å². The monoisotopic (exact) mass is 486 g/mol. The largest absolute Gasteiger partial charge is 0.335 e. The summed E-state index contributed by atoms with van der Waals surface area (Å²) in [6.45, 7) is 1.45. The first-order valence-electron chi connectivity index (χ1n) is 10.8. The molecule has 1 aliphatic rings. The maximum Gasteiger partial charge on any atom is 0.254 e. The van der Waals surface area contributed by atoms with E-state index >= 15 is 0 Å². The first-order valence-corrected chi connectivity index (χ1v) is 11.9. The first kappa shape index (κ1) is 23.1. The third-order valence-electron chi connectivity index (χ3n) is 5.91. The van der Waals surface area contributed by atoms with Gasteiger partial charge in [0.2, 0.25) is 0 Å². The Morgan fingerprint density at radius 3 is 2.25 bits per heavy atom. The molecule has 1 heterocycles. The summed E-state index contributed by atoms with van der Waals surface area (Å²) in [5, 5.41) is 5.35. The van der Waals surface area contributed by atoms with Gasteiger partial charge in [-0.25, -0.2) is 0 Å². The predicted molar refractivity (Wildman–Crippen MR) is 133 cm³/mol. The molecule has 32 heavy (non-hydrogen) atoms. The molecule has 0 unspecified atom stereocenters. The Labute approximate surface area is 204 Å². The molecule has 0 radical (unpaired) electrons. The molecule has 1 fully saturated rings. The van der Waals surface area contributed by atoms with Crippen molar-refractivity contribution in [3.05, 3.63) is 105 Å². The number of halogens is 3. The minimum absolute atomic E-state index is 0.0218. The van der Waals surface area contributed by atoms with Crippen molar-refractivity contribution in [2.75, 3.05) is 6.54 Å². The van der Waals surface area contributed by atoms with Crippen molar-refractivity contribution in [2.24, 2.45) is 0 Å². The topological polar surface area (TPSA) is 32.3 Å². The highest BCUT2D eigenvalue weighted by molar-refractivity contribution is 6.35. The van der Waals surface area contributed by atoms with Gasteiger partial charge in [0.1, 0.15) is 0 Å². The number of hydrogen-bond donors (Lipinski definition) is 1. The Morgan fingerprint density at radius 1 is 0.875 bits per heavy atom. The number of nitrogens with zero attached hydrogens (tertiary/aromatic N) is 1. The summed E-state index contributed by atoms with van der Waals surface area (Å²) in [6, 6.07) is 23.7. The van der Waals surface area contributed by atoms with E-state index in [1.165, 1.54) is 11.1 Å². The lowest BCUT2D eigenvalue weighted by molar-refractivity contribution is 0.0576. The summed E-state index contributed by atoms with van der Waals surface area (Å²) < 4.78 is 0. The molecule has 2 atom stereocenters. The molecular formula is C26H25Cl3N2O.